The first-order valence-electron chi connectivity index (χ1n) is 12.4. The monoisotopic (exact) mass is 460 g/mol. The lowest BCUT2D eigenvalue weighted by Crippen LogP contribution is -2.32. The number of nitrogens with one attached hydrogen (secondary N) is 1. The van der Waals surface area contributed by atoms with Crippen molar-refractivity contribution in [2.75, 3.05) is 25.0 Å². The average Bonchev–Trinajstić information content (AvgIpc) is 3.60. The number of hydrogen-bond acceptors (Lipinski definition) is 4. The fourth-order valence-corrected chi connectivity index (χ4v) is 4.32. The summed E-state index contributed by atoms with van der Waals surface area (Å²) < 4.78 is 5.34. The molecule has 2 aliphatic rings. The van der Waals surface area contributed by atoms with Gasteiger partial charge in [0.2, 0.25) is 0 Å². The van der Waals surface area contributed by atoms with Gasteiger partial charge in [-0.25, -0.2) is 4.79 Å². The quantitative estimate of drug-likeness (QED) is 0.489. The Morgan fingerprint density at radius 1 is 1.03 bits per heavy atom. The first-order valence-corrected chi connectivity index (χ1v) is 12.4. The number of amides is 1. The molecule has 1 saturated carbocycles. The van der Waals surface area contributed by atoms with Crippen molar-refractivity contribution in [2.24, 2.45) is 5.92 Å². The number of likely N-dealkylation sites (tertiary alicyclic amines) is 1. The van der Waals surface area contributed by atoms with Crippen LogP contribution in [0.2, 0.25) is 0 Å². The van der Waals surface area contributed by atoms with Gasteiger partial charge >= 0.3 is 6.09 Å². The number of anilines is 1. The van der Waals surface area contributed by atoms with Gasteiger partial charge in [-0.15, -0.1) is 0 Å². The third kappa shape index (κ3) is 7.29. The first-order chi connectivity index (χ1) is 16.2. The molecule has 0 radical (unpaired) electrons. The van der Waals surface area contributed by atoms with E-state index in [4.69, 9.17) is 4.74 Å². The summed E-state index contributed by atoms with van der Waals surface area (Å²) >= 11 is 0. The second kappa shape index (κ2) is 10.6. The van der Waals surface area contributed by atoms with Crippen LogP contribution in [0.25, 0.3) is 6.08 Å². The lowest BCUT2D eigenvalue weighted by molar-refractivity contribution is 0.0635. The predicted molar refractivity (Wildman–Crippen MR) is 137 cm³/mol. The molecule has 5 heteroatoms. The van der Waals surface area contributed by atoms with Crippen LogP contribution in [-0.4, -0.2) is 42.0 Å². The summed E-state index contributed by atoms with van der Waals surface area (Å²) in [5, 5.41) is 2.77. The molecule has 1 saturated heterocycles. The Hall–Kier alpha value is -2.92. The van der Waals surface area contributed by atoms with E-state index < -0.39 is 11.7 Å². The summed E-state index contributed by atoms with van der Waals surface area (Å²) in [6.45, 7) is 9.06. The number of ether oxygens (including phenoxy) is 1. The van der Waals surface area contributed by atoms with Crippen molar-refractivity contribution in [1.29, 1.82) is 0 Å². The van der Waals surface area contributed by atoms with Crippen LogP contribution >= 0.6 is 0 Å². The molecule has 1 heterocycles. The highest BCUT2D eigenvalue weighted by Crippen LogP contribution is 2.31. The Balaban J connectivity index is 1.34. The molecular weight excluding hydrogens is 424 g/mol. The summed E-state index contributed by atoms with van der Waals surface area (Å²) in [7, 11) is 0. The molecule has 1 aliphatic carbocycles. The SMILES string of the molecule is CC(C)(C)OC(=O)Nc1ccccc1CC(=O)c1ccc(C=C2CCN(CC3CC3)CC2)cc1. The number of piperidine rings is 1. The number of benzene rings is 2. The van der Waals surface area contributed by atoms with Gasteiger partial charge in [0.05, 0.1) is 0 Å². The smallest absolute Gasteiger partial charge is 0.412 e. The second-order valence-electron chi connectivity index (χ2n) is 10.6. The number of Topliss-reactive ketones (excluding diaryl/α,β-unsaturated/α-hetero) is 1. The summed E-state index contributed by atoms with van der Waals surface area (Å²) in [4.78, 5) is 27.7. The fraction of sp³-hybridized carbons (Fsp3) is 0.448. The fourth-order valence-electron chi connectivity index (χ4n) is 4.32. The first kappa shape index (κ1) is 24.2. The zero-order chi connectivity index (χ0) is 24.1. The van der Waals surface area contributed by atoms with Crippen LogP contribution in [0.1, 0.15) is 67.9 Å². The van der Waals surface area contributed by atoms with Crippen molar-refractivity contribution in [3.63, 3.8) is 0 Å². The third-order valence-corrected chi connectivity index (χ3v) is 6.32. The molecule has 4 rings (SSSR count). The summed E-state index contributed by atoms with van der Waals surface area (Å²) in [6, 6.07) is 15.2. The molecule has 0 bridgehead atoms. The van der Waals surface area contributed by atoms with Crippen molar-refractivity contribution in [3.8, 4) is 0 Å². The molecule has 0 aromatic heterocycles. The van der Waals surface area contributed by atoms with Gasteiger partial charge in [0.1, 0.15) is 5.60 Å². The topological polar surface area (TPSA) is 58.6 Å². The second-order valence-corrected chi connectivity index (χ2v) is 10.6. The van der Waals surface area contributed by atoms with Gasteiger partial charge in [-0.1, -0.05) is 54.1 Å². The van der Waals surface area contributed by atoms with Crippen molar-refractivity contribution in [3.05, 3.63) is 70.8 Å². The number of nitrogens with zero attached hydrogens (tertiary/aromatic N) is 1. The van der Waals surface area contributed by atoms with E-state index in [1.807, 2.05) is 63.2 Å². The number of rotatable bonds is 7. The highest BCUT2D eigenvalue weighted by molar-refractivity contribution is 5.99. The molecule has 0 unspecified atom stereocenters. The van der Waals surface area contributed by atoms with Gasteiger partial charge in [-0.3, -0.25) is 10.1 Å². The molecule has 2 fully saturated rings. The van der Waals surface area contributed by atoms with E-state index in [0.29, 0.717) is 11.3 Å². The largest absolute Gasteiger partial charge is 0.444 e. The van der Waals surface area contributed by atoms with E-state index in [-0.39, 0.29) is 12.2 Å². The van der Waals surface area contributed by atoms with E-state index in [1.165, 1.54) is 25.0 Å². The van der Waals surface area contributed by atoms with Gasteiger partial charge in [-0.05, 0) is 69.6 Å². The van der Waals surface area contributed by atoms with Crippen LogP contribution in [0.4, 0.5) is 10.5 Å². The molecular formula is C29H36N2O3. The van der Waals surface area contributed by atoms with Crippen LogP contribution in [0, 0.1) is 5.92 Å². The van der Waals surface area contributed by atoms with E-state index >= 15 is 0 Å². The lowest BCUT2D eigenvalue weighted by Gasteiger charge is -2.28. The maximum atomic E-state index is 12.9. The number of hydrogen-bond donors (Lipinski definition) is 1. The molecule has 0 atom stereocenters. The van der Waals surface area contributed by atoms with E-state index in [0.717, 1.165) is 43.0 Å². The van der Waals surface area contributed by atoms with E-state index in [2.05, 4.69) is 16.3 Å². The van der Waals surface area contributed by atoms with Crippen LogP contribution in [0.3, 0.4) is 0 Å². The molecule has 180 valence electrons. The number of carbonyl (C=O) groups excluding carboxylic acids is 2. The van der Waals surface area contributed by atoms with Crippen LogP contribution in [-0.2, 0) is 11.2 Å². The molecule has 5 nitrogen and oxygen atoms in total. The summed E-state index contributed by atoms with van der Waals surface area (Å²) in [6.07, 6.45) is 7.06. The van der Waals surface area contributed by atoms with Crippen LogP contribution in [0.15, 0.2) is 54.1 Å². The number of ketones is 1. The number of para-hydroxylation sites is 1. The highest BCUT2D eigenvalue weighted by Gasteiger charge is 2.25. The van der Waals surface area contributed by atoms with Crippen LogP contribution < -0.4 is 5.32 Å². The van der Waals surface area contributed by atoms with Crippen molar-refractivity contribution >= 4 is 23.6 Å². The summed E-state index contributed by atoms with van der Waals surface area (Å²) in [5.74, 6) is 0.974. The van der Waals surface area contributed by atoms with Crippen molar-refractivity contribution in [1.82, 2.24) is 4.90 Å². The molecule has 2 aromatic rings. The maximum absolute atomic E-state index is 12.9. The summed E-state index contributed by atoms with van der Waals surface area (Å²) in [5.41, 5.74) is 4.09. The van der Waals surface area contributed by atoms with Crippen molar-refractivity contribution in [2.45, 2.75) is 58.5 Å². The highest BCUT2D eigenvalue weighted by atomic mass is 16.6. The molecule has 2 aromatic carbocycles. The Bertz CT molecular complexity index is 1040. The van der Waals surface area contributed by atoms with Gasteiger partial charge < -0.3 is 9.64 Å². The molecule has 1 aliphatic heterocycles. The molecule has 0 spiro atoms. The predicted octanol–water partition coefficient (Wildman–Crippen LogP) is 6.35. The minimum absolute atomic E-state index is 0.0195. The van der Waals surface area contributed by atoms with Crippen LogP contribution in [0.5, 0.6) is 0 Å². The lowest BCUT2D eigenvalue weighted by atomic mass is 9.98. The minimum atomic E-state index is -0.584. The molecule has 1 N–H and O–H groups in total. The zero-order valence-corrected chi connectivity index (χ0v) is 20.6. The Labute approximate surface area is 203 Å². The van der Waals surface area contributed by atoms with E-state index in [9.17, 15) is 9.59 Å². The normalized spacial score (nSPS) is 16.7. The Morgan fingerprint density at radius 2 is 1.71 bits per heavy atom. The van der Waals surface area contributed by atoms with Crippen molar-refractivity contribution < 1.29 is 14.3 Å². The Kier molecular flexibility index (Phi) is 7.52. The average molecular weight is 461 g/mol. The van der Waals surface area contributed by atoms with E-state index in [1.54, 1.807) is 6.07 Å². The molecule has 34 heavy (non-hydrogen) atoms. The van der Waals surface area contributed by atoms with Gasteiger partial charge in [0.25, 0.3) is 0 Å². The maximum Gasteiger partial charge on any atom is 0.412 e. The third-order valence-electron chi connectivity index (χ3n) is 6.32. The zero-order valence-electron chi connectivity index (χ0n) is 20.6. The molecule has 1 amide bonds. The minimum Gasteiger partial charge on any atom is -0.444 e. The number of carbonyl (C=O) groups is 2. The van der Waals surface area contributed by atoms with Gasteiger partial charge in [0.15, 0.2) is 5.78 Å². The van der Waals surface area contributed by atoms with Gasteiger partial charge in [-0.2, -0.15) is 0 Å². The standard InChI is InChI=1S/C29H36N2O3/c1-29(2,3)34-28(33)30-26-7-5-4-6-25(26)19-27(32)24-12-10-21(11-13-24)18-22-14-16-31(17-15-22)20-23-8-9-23/h4-7,10-13,18,23H,8-9,14-17,19-20H2,1-3H3,(H,30,33). The van der Waals surface area contributed by atoms with Gasteiger partial charge in [0, 0.05) is 37.3 Å². The Morgan fingerprint density at radius 3 is 2.35 bits per heavy atom.